The molecule has 0 N–H and O–H groups in total. The lowest BCUT2D eigenvalue weighted by Gasteiger charge is -2.11. The molecule has 0 spiro atoms. The quantitative estimate of drug-likeness (QED) is 0.363. The van der Waals surface area contributed by atoms with E-state index in [0.717, 1.165) is 20.6 Å². The minimum absolute atomic E-state index is 0.354. The van der Waals surface area contributed by atoms with Crippen molar-refractivity contribution < 1.29 is 14.3 Å². The van der Waals surface area contributed by atoms with Crippen LogP contribution in [-0.4, -0.2) is 22.5 Å². The van der Waals surface area contributed by atoms with Crippen molar-refractivity contribution in [3.05, 3.63) is 106 Å². The van der Waals surface area contributed by atoms with E-state index in [2.05, 4.69) is 21.0 Å². The number of hydrogen-bond acceptors (Lipinski definition) is 4. The molecule has 1 heterocycles. The standard InChI is InChI=1S/C25H19BrN2O3/c1-17-22(25(30)28(27-17)24(29)19-10-6-3-7-11-19)15-20-14-21(26)12-13-23(20)31-16-18-8-4-2-5-9-18/h2-15H,16H2,1H3/b22-15+. The third-order valence-electron chi connectivity index (χ3n) is 4.78. The first-order chi connectivity index (χ1) is 15.0. The highest BCUT2D eigenvalue weighted by Crippen LogP contribution is 2.29. The van der Waals surface area contributed by atoms with E-state index in [-0.39, 0.29) is 0 Å². The summed E-state index contributed by atoms with van der Waals surface area (Å²) in [6.07, 6.45) is 1.71. The number of ether oxygens (including phenoxy) is 1. The molecule has 1 aliphatic rings. The fraction of sp³-hybridized carbons (Fsp3) is 0.0800. The average molecular weight is 475 g/mol. The molecule has 0 saturated carbocycles. The molecule has 2 amide bonds. The normalized spacial score (nSPS) is 14.6. The molecule has 0 aromatic heterocycles. The van der Waals surface area contributed by atoms with E-state index < -0.39 is 11.8 Å². The van der Waals surface area contributed by atoms with Crippen molar-refractivity contribution >= 4 is 39.5 Å². The second-order valence-corrected chi connectivity index (χ2v) is 7.90. The monoisotopic (exact) mass is 474 g/mol. The van der Waals surface area contributed by atoms with Crippen LogP contribution in [0.2, 0.25) is 0 Å². The molecule has 3 aromatic carbocycles. The van der Waals surface area contributed by atoms with Crippen LogP contribution in [0.25, 0.3) is 6.08 Å². The highest BCUT2D eigenvalue weighted by molar-refractivity contribution is 9.10. The second kappa shape index (κ2) is 9.10. The number of carbonyl (C=O) groups is 2. The van der Waals surface area contributed by atoms with Gasteiger partial charge in [0.05, 0.1) is 11.3 Å². The Morgan fingerprint density at radius 2 is 1.71 bits per heavy atom. The van der Waals surface area contributed by atoms with Crippen molar-refractivity contribution in [2.24, 2.45) is 5.10 Å². The van der Waals surface area contributed by atoms with Crippen LogP contribution in [0, 0.1) is 0 Å². The van der Waals surface area contributed by atoms with Gasteiger partial charge >= 0.3 is 0 Å². The van der Waals surface area contributed by atoms with Crippen LogP contribution in [0.1, 0.15) is 28.4 Å². The Morgan fingerprint density at radius 3 is 2.42 bits per heavy atom. The molecule has 4 rings (SSSR count). The summed E-state index contributed by atoms with van der Waals surface area (Å²) in [7, 11) is 0. The summed E-state index contributed by atoms with van der Waals surface area (Å²) in [5, 5.41) is 5.11. The number of amides is 2. The number of imide groups is 1. The van der Waals surface area contributed by atoms with Gasteiger partial charge in [-0.1, -0.05) is 64.5 Å². The zero-order valence-electron chi connectivity index (χ0n) is 16.8. The number of hydrazone groups is 1. The summed E-state index contributed by atoms with van der Waals surface area (Å²) in [6.45, 7) is 2.11. The molecule has 0 saturated heterocycles. The fourth-order valence-electron chi connectivity index (χ4n) is 3.18. The van der Waals surface area contributed by atoms with E-state index in [1.54, 1.807) is 37.3 Å². The molecule has 31 heavy (non-hydrogen) atoms. The van der Waals surface area contributed by atoms with Gasteiger partial charge in [-0.15, -0.1) is 0 Å². The minimum atomic E-state index is -0.458. The molecule has 0 fully saturated rings. The Morgan fingerprint density at radius 1 is 1.03 bits per heavy atom. The van der Waals surface area contributed by atoms with Crippen LogP contribution < -0.4 is 4.74 Å². The molecule has 0 atom stereocenters. The van der Waals surface area contributed by atoms with E-state index in [9.17, 15) is 9.59 Å². The van der Waals surface area contributed by atoms with E-state index in [0.29, 0.717) is 29.2 Å². The molecule has 0 aliphatic carbocycles. The van der Waals surface area contributed by atoms with Gasteiger partial charge in [0, 0.05) is 15.6 Å². The zero-order chi connectivity index (χ0) is 21.8. The summed E-state index contributed by atoms with van der Waals surface area (Å²) < 4.78 is 6.86. The fourth-order valence-corrected chi connectivity index (χ4v) is 3.56. The predicted molar refractivity (Wildman–Crippen MR) is 124 cm³/mol. The van der Waals surface area contributed by atoms with E-state index in [4.69, 9.17) is 4.74 Å². The Hall–Kier alpha value is -3.51. The van der Waals surface area contributed by atoms with Gasteiger partial charge in [0.1, 0.15) is 12.4 Å². The zero-order valence-corrected chi connectivity index (χ0v) is 18.4. The van der Waals surface area contributed by atoms with Gasteiger partial charge in [-0.3, -0.25) is 9.59 Å². The van der Waals surface area contributed by atoms with Gasteiger partial charge < -0.3 is 4.74 Å². The third-order valence-corrected chi connectivity index (χ3v) is 5.28. The predicted octanol–water partition coefficient (Wildman–Crippen LogP) is 5.47. The first-order valence-electron chi connectivity index (χ1n) is 9.70. The molecule has 3 aromatic rings. The molecular formula is C25H19BrN2O3. The van der Waals surface area contributed by atoms with Gasteiger partial charge in [0.25, 0.3) is 11.8 Å². The number of rotatable bonds is 5. The summed E-state index contributed by atoms with van der Waals surface area (Å²) >= 11 is 3.47. The number of hydrogen-bond donors (Lipinski definition) is 0. The minimum Gasteiger partial charge on any atom is -0.488 e. The summed E-state index contributed by atoms with van der Waals surface area (Å²) in [5.41, 5.74) is 2.99. The van der Waals surface area contributed by atoms with Gasteiger partial charge in [-0.05, 0) is 48.9 Å². The number of halogens is 1. The number of carbonyl (C=O) groups excluding carboxylic acids is 2. The molecule has 1 aliphatic heterocycles. The maximum absolute atomic E-state index is 13.0. The summed E-state index contributed by atoms with van der Waals surface area (Å²) in [4.78, 5) is 25.7. The van der Waals surface area contributed by atoms with E-state index in [1.165, 1.54) is 0 Å². The van der Waals surface area contributed by atoms with Crippen molar-refractivity contribution in [2.75, 3.05) is 0 Å². The molecule has 6 heteroatoms. The SMILES string of the molecule is CC1=NN(C(=O)c2ccccc2)C(=O)/C1=C/c1cc(Br)ccc1OCc1ccccc1. The molecular weight excluding hydrogens is 456 g/mol. The third kappa shape index (κ3) is 4.64. The van der Waals surface area contributed by atoms with Crippen LogP contribution >= 0.6 is 15.9 Å². The molecule has 0 radical (unpaired) electrons. The molecule has 154 valence electrons. The summed E-state index contributed by atoms with van der Waals surface area (Å²) in [5.74, 6) is -0.281. The second-order valence-electron chi connectivity index (χ2n) is 6.99. The average Bonchev–Trinajstić information content (AvgIpc) is 3.07. The molecule has 5 nitrogen and oxygen atoms in total. The highest BCUT2D eigenvalue weighted by Gasteiger charge is 2.33. The molecule has 0 unspecified atom stereocenters. The van der Waals surface area contributed by atoms with Crippen LogP contribution in [-0.2, 0) is 11.4 Å². The van der Waals surface area contributed by atoms with Crippen molar-refractivity contribution in [2.45, 2.75) is 13.5 Å². The lowest BCUT2D eigenvalue weighted by Crippen LogP contribution is -2.29. The van der Waals surface area contributed by atoms with E-state index >= 15 is 0 Å². The Bertz CT molecular complexity index is 1190. The van der Waals surface area contributed by atoms with E-state index in [1.807, 2.05) is 54.6 Å². The number of benzene rings is 3. The Kier molecular flexibility index (Phi) is 6.09. The van der Waals surface area contributed by atoms with Gasteiger partial charge in [-0.2, -0.15) is 10.1 Å². The van der Waals surface area contributed by atoms with Gasteiger partial charge in [0.15, 0.2) is 0 Å². The highest BCUT2D eigenvalue weighted by atomic mass is 79.9. The lowest BCUT2D eigenvalue weighted by atomic mass is 10.1. The number of nitrogens with zero attached hydrogens (tertiary/aromatic N) is 2. The van der Waals surface area contributed by atoms with Gasteiger partial charge in [-0.25, -0.2) is 0 Å². The first-order valence-corrected chi connectivity index (χ1v) is 10.5. The van der Waals surface area contributed by atoms with Crippen LogP contribution in [0.3, 0.4) is 0 Å². The van der Waals surface area contributed by atoms with Gasteiger partial charge in [0.2, 0.25) is 0 Å². The smallest absolute Gasteiger partial charge is 0.283 e. The largest absolute Gasteiger partial charge is 0.488 e. The van der Waals surface area contributed by atoms with Crippen LogP contribution in [0.4, 0.5) is 0 Å². The Balaban J connectivity index is 1.61. The van der Waals surface area contributed by atoms with Crippen molar-refractivity contribution in [3.8, 4) is 5.75 Å². The Labute approximate surface area is 188 Å². The maximum Gasteiger partial charge on any atom is 0.283 e. The van der Waals surface area contributed by atoms with Crippen LogP contribution in [0.5, 0.6) is 5.75 Å². The topological polar surface area (TPSA) is 59.0 Å². The lowest BCUT2D eigenvalue weighted by molar-refractivity contribution is -0.123. The first kappa shape index (κ1) is 20.8. The van der Waals surface area contributed by atoms with Crippen molar-refractivity contribution in [3.63, 3.8) is 0 Å². The van der Waals surface area contributed by atoms with Crippen LogP contribution in [0.15, 0.2) is 94.0 Å². The van der Waals surface area contributed by atoms with Crippen molar-refractivity contribution in [1.82, 2.24) is 5.01 Å². The van der Waals surface area contributed by atoms with Crippen molar-refractivity contribution in [1.29, 1.82) is 0 Å². The molecule has 0 bridgehead atoms. The maximum atomic E-state index is 13.0. The summed E-state index contributed by atoms with van der Waals surface area (Å²) in [6, 6.07) is 24.1.